The van der Waals surface area contributed by atoms with Gasteiger partial charge in [-0.15, -0.1) is 0 Å². The average molecular weight is 1160 g/mol. The van der Waals surface area contributed by atoms with E-state index in [1.807, 2.05) is 26.0 Å². The quantitative estimate of drug-likeness (QED) is 0.00801. The van der Waals surface area contributed by atoms with Gasteiger partial charge in [0.05, 0.1) is 73.2 Å². The third-order valence-electron chi connectivity index (χ3n) is 12.9. The average Bonchev–Trinajstić information content (AvgIpc) is 3.40. The van der Waals surface area contributed by atoms with Crippen molar-refractivity contribution in [3.8, 4) is 0 Å². The first-order chi connectivity index (χ1) is 38.4. The minimum atomic E-state index is -4.94. The molecule has 14 N–H and O–H groups in total. The van der Waals surface area contributed by atoms with Crippen LogP contribution in [0, 0.1) is 17.8 Å². The number of hydrogen-bond acceptors (Lipinski definition) is 16. The summed E-state index contributed by atoms with van der Waals surface area (Å²) in [6.07, 6.45) is 28.1. The summed E-state index contributed by atoms with van der Waals surface area (Å²) in [5.74, 6) is -1.88. The Morgan fingerprint density at radius 2 is 1.05 bits per heavy atom. The molecule has 0 saturated heterocycles. The molecule has 81 heavy (non-hydrogen) atoms. The van der Waals surface area contributed by atoms with Gasteiger partial charge >= 0.3 is 10.4 Å². The second-order valence-corrected chi connectivity index (χ2v) is 21.7. The highest BCUT2D eigenvalue weighted by Crippen LogP contribution is 2.21. The Kier molecular flexibility index (Phi) is 44.5. The molecule has 0 aromatic rings. The summed E-state index contributed by atoms with van der Waals surface area (Å²) in [5, 5.41) is 114. The van der Waals surface area contributed by atoms with Crippen molar-refractivity contribution < 1.29 is 78.1 Å². The fourth-order valence-electron chi connectivity index (χ4n) is 8.08. The van der Waals surface area contributed by atoms with Gasteiger partial charge in [0.25, 0.3) is 0 Å². The molecule has 19 nitrogen and oxygen atoms in total. The Morgan fingerprint density at radius 3 is 1.58 bits per heavy atom. The number of hydrogen-bond donors (Lipinski definition) is 13. The maximum Gasteiger partial charge on any atom is 0.397 e. The molecule has 0 spiro atoms. The van der Waals surface area contributed by atoms with Crippen LogP contribution in [0.25, 0.3) is 0 Å². The third-order valence-corrected chi connectivity index (χ3v) is 13.4. The SMILES string of the molecule is CC/C=C/C(C)C(O)C(C)C(O)/C=C/C=C/C=C/C=C/C=C/C=C/CC(OS(=O)(=O)O)C(C)C(=O)CC(O)CC(O)/C=C/CC(O)CC(O)CC(O)/C=C/CC(O)CC(O)/C=C/CC(O)CC(O)CCCN=C(N)N=CCCCCC. The lowest BCUT2D eigenvalue weighted by Crippen LogP contribution is -2.32. The van der Waals surface area contributed by atoms with Gasteiger partial charge in [0.15, 0.2) is 0 Å². The van der Waals surface area contributed by atoms with Gasteiger partial charge in [0.2, 0.25) is 5.96 Å². The van der Waals surface area contributed by atoms with Crippen molar-refractivity contribution in [3.63, 3.8) is 0 Å². The number of aliphatic hydroxyl groups excluding tert-OH is 11. The Labute approximate surface area is 483 Å². The fourth-order valence-corrected chi connectivity index (χ4v) is 8.64. The van der Waals surface area contributed by atoms with E-state index >= 15 is 0 Å². The molecule has 0 aliphatic rings. The van der Waals surface area contributed by atoms with Crippen LogP contribution in [0.15, 0.2) is 132 Å². The van der Waals surface area contributed by atoms with Crippen molar-refractivity contribution in [1.29, 1.82) is 0 Å². The van der Waals surface area contributed by atoms with Gasteiger partial charge in [-0.05, 0) is 70.6 Å². The van der Waals surface area contributed by atoms with Gasteiger partial charge in [0, 0.05) is 56.2 Å². The van der Waals surface area contributed by atoms with Crippen molar-refractivity contribution in [3.05, 3.63) is 122 Å². The summed E-state index contributed by atoms with van der Waals surface area (Å²) in [6.45, 7) is 9.66. The van der Waals surface area contributed by atoms with E-state index in [1.54, 1.807) is 92.1 Å². The van der Waals surface area contributed by atoms with Crippen molar-refractivity contribution in [2.45, 2.75) is 217 Å². The zero-order valence-corrected chi connectivity index (χ0v) is 49.2. The number of Topliss-reactive ketones (excluding diaryl/α,β-unsaturated/α-hetero) is 1. The number of unbranched alkanes of at least 4 members (excludes halogenated alkanes) is 3. The molecule has 0 rings (SSSR count). The Morgan fingerprint density at radius 1 is 0.556 bits per heavy atom. The number of aliphatic imine (C=N–C) groups is 2. The lowest BCUT2D eigenvalue weighted by molar-refractivity contribution is -0.127. The summed E-state index contributed by atoms with van der Waals surface area (Å²) < 4.78 is 37.4. The van der Waals surface area contributed by atoms with E-state index in [2.05, 4.69) is 16.9 Å². The van der Waals surface area contributed by atoms with E-state index in [4.69, 9.17) is 9.92 Å². The van der Waals surface area contributed by atoms with Gasteiger partial charge in [-0.2, -0.15) is 8.42 Å². The first-order valence-electron chi connectivity index (χ1n) is 28.5. The Bertz CT molecular complexity index is 2140. The molecule has 0 saturated carbocycles. The van der Waals surface area contributed by atoms with Crippen LogP contribution in [-0.4, -0.2) is 167 Å². The number of allylic oxidation sites excluding steroid dienone is 11. The summed E-state index contributed by atoms with van der Waals surface area (Å²) >= 11 is 0. The molecule has 462 valence electrons. The highest BCUT2D eigenvalue weighted by molar-refractivity contribution is 7.80. The van der Waals surface area contributed by atoms with Gasteiger partial charge in [-0.1, -0.05) is 169 Å². The zero-order chi connectivity index (χ0) is 61.0. The monoisotopic (exact) mass is 1160 g/mol. The number of aliphatic hydroxyl groups is 11. The minimum Gasteiger partial charge on any atom is -0.393 e. The number of ketones is 1. The zero-order valence-electron chi connectivity index (χ0n) is 48.4. The van der Waals surface area contributed by atoms with E-state index in [0.29, 0.717) is 19.4 Å². The molecule has 0 fully saturated rings. The number of nitrogens with two attached hydrogens (primary N) is 1. The van der Waals surface area contributed by atoms with Gasteiger partial charge < -0.3 is 61.9 Å². The molecular formula is C61H101N3O16S. The number of carbonyl (C=O) groups is 1. The molecule has 0 aliphatic carbocycles. The highest BCUT2D eigenvalue weighted by atomic mass is 32.3. The second kappa shape index (κ2) is 47.0. The van der Waals surface area contributed by atoms with Crippen molar-refractivity contribution in [2.75, 3.05) is 6.54 Å². The van der Waals surface area contributed by atoms with Crippen LogP contribution >= 0.6 is 0 Å². The van der Waals surface area contributed by atoms with Gasteiger partial charge in [0.1, 0.15) is 5.78 Å². The molecule has 15 atom stereocenters. The summed E-state index contributed by atoms with van der Waals surface area (Å²) in [7, 11) is -4.94. The molecule has 20 heteroatoms. The van der Waals surface area contributed by atoms with Gasteiger partial charge in [-0.25, -0.2) is 9.18 Å². The number of nitrogens with zero attached hydrogens (tertiary/aromatic N) is 2. The third kappa shape index (κ3) is 43.9. The van der Waals surface area contributed by atoms with Crippen LogP contribution < -0.4 is 5.73 Å². The molecule has 0 aliphatic heterocycles. The maximum absolute atomic E-state index is 13.0. The summed E-state index contributed by atoms with van der Waals surface area (Å²) in [6, 6.07) is 0. The lowest BCUT2D eigenvalue weighted by Gasteiger charge is -2.25. The first-order valence-corrected chi connectivity index (χ1v) is 29.9. The van der Waals surface area contributed by atoms with E-state index in [-0.39, 0.29) is 75.6 Å². The second-order valence-electron chi connectivity index (χ2n) is 20.6. The highest BCUT2D eigenvalue weighted by Gasteiger charge is 2.30. The van der Waals surface area contributed by atoms with Crippen molar-refractivity contribution in [1.82, 2.24) is 0 Å². The summed E-state index contributed by atoms with van der Waals surface area (Å²) in [4.78, 5) is 21.3. The molecule has 0 heterocycles. The smallest absolute Gasteiger partial charge is 0.393 e. The topological polar surface area (TPSA) is 354 Å². The van der Waals surface area contributed by atoms with E-state index in [0.717, 1.165) is 32.1 Å². The van der Waals surface area contributed by atoms with E-state index in [1.165, 1.54) is 37.3 Å². The number of rotatable bonds is 46. The number of carbonyl (C=O) groups excluding carboxylic acids is 1. The molecule has 0 aromatic carbocycles. The van der Waals surface area contributed by atoms with Gasteiger partial charge in [-0.3, -0.25) is 14.3 Å². The Balaban J connectivity index is 4.72. The lowest BCUT2D eigenvalue weighted by atomic mass is 9.89. The van der Waals surface area contributed by atoms with Crippen LogP contribution in [0.2, 0.25) is 0 Å². The van der Waals surface area contributed by atoms with Crippen LogP contribution in [0.5, 0.6) is 0 Å². The fraction of sp³-hybridized carbons (Fsp3) is 0.623. The largest absolute Gasteiger partial charge is 0.397 e. The predicted molar refractivity (Wildman–Crippen MR) is 321 cm³/mol. The predicted octanol–water partition coefficient (Wildman–Crippen LogP) is 6.24. The van der Waals surface area contributed by atoms with E-state index in [9.17, 15) is 73.9 Å². The molecule has 15 unspecified atom stereocenters. The normalized spacial score (nSPS) is 19.3. The molecule has 0 aromatic heterocycles. The van der Waals surface area contributed by atoms with Crippen molar-refractivity contribution in [2.24, 2.45) is 33.5 Å². The first kappa shape index (κ1) is 76.6. The van der Waals surface area contributed by atoms with E-state index < -0.39 is 102 Å². The Hall–Kier alpha value is -4.36. The number of guanidine groups is 1. The van der Waals surface area contributed by atoms with Crippen molar-refractivity contribution >= 4 is 28.4 Å². The van der Waals surface area contributed by atoms with Crippen LogP contribution in [0.3, 0.4) is 0 Å². The molecule has 0 bridgehead atoms. The van der Waals surface area contributed by atoms with Crippen LogP contribution in [0.1, 0.15) is 144 Å². The summed E-state index contributed by atoms with van der Waals surface area (Å²) in [5.41, 5.74) is 5.78. The van der Waals surface area contributed by atoms with Crippen LogP contribution in [0.4, 0.5) is 0 Å². The molecular weight excluding hydrogens is 1060 g/mol. The molecule has 0 radical (unpaired) electrons. The maximum atomic E-state index is 13.0. The standard InChI is InChI=1S/C61H101N3O16S/c1-6-8-10-22-37-63-61(62)64-38-26-34-54(71)40-50(67)29-23-28-48(65)39-49(66)30-24-31-51(68)41-55(72)42-52(69)32-25-33-53(70)43-56(73)44-58(75)46(4)59(80-81(77,78)79)36-21-19-17-15-13-11-12-14-16-18-20-35-57(74)47(5)60(76)45(3)27-9-7-2/h9,11-21,23-25,27-28,31,33,35,37,45-57,59-60,65-74,76H,6-8,10,22,26,29-30,32,34,36,38-44H2,1-5H3,(H2,62,64)(H,77,78,79)/b13-11+,14-12+,17-15+,18-16+,21-19+,27-9+,28-23+,31-24+,33-25+,35-20+,63-37?. The molecule has 0 amide bonds. The minimum absolute atomic E-state index is 0.0108. The van der Waals surface area contributed by atoms with Crippen LogP contribution in [-0.2, 0) is 19.4 Å².